The molecule has 1 rings (SSSR count). The van der Waals surface area contributed by atoms with Crippen LogP contribution < -0.4 is 5.32 Å². The molecule has 0 aliphatic heterocycles. The number of aryl methyl sites for hydroxylation is 1. The van der Waals surface area contributed by atoms with E-state index in [-0.39, 0.29) is 5.91 Å². The summed E-state index contributed by atoms with van der Waals surface area (Å²) in [7, 11) is 0. The van der Waals surface area contributed by atoms with Gasteiger partial charge in [0.2, 0.25) is 0 Å². The molecule has 0 atom stereocenters. The molecule has 0 heterocycles. The van der Waals surface area contributed by atoms with Gasteiger partial charge in [0.05, 0.1) is 11.5 Å². The summed E-state index contributed by atoms with van der Waals surface area (Å²) < 4.78 is 0. The Morgan fingerprint density at radius 3 is 2.41 bits per heavy atom. The summed E-state index contributed by atoms with van der Waals surface area (Å²) in [6.07, 6.45) is 0.962. The Hall–Kier alpha value is -1.82. The van der Waals surface area contributed by atoms with Crippen LogP contribution in [0.4, 0.5) is 0 Å². The number of nitriles is 1. The van der Waals surface area contributed by atoms with E-state index in [1.807, 2.05) is 24.3 Å². The highest BCUT2D eigenvalue weighted by atomic mass is 16.1. The third-order valence-electron chi connectivity index (χ3n) is 2.62. The zero-order chi connectivity index (χ0) is 12.9. The molecule has 1 aromatic rings. The van der Waals surface area contributed by atoms with Gasteiger partial charge in [0.1, 0.15) is 0 Å². The predicted molar refractivity (Wildman–Crippen MR) is 67.5 cm³/mol. The van der Waals surface area contributed by atoms with E-state index in [1.54, 1.807) is 13.8 Å². The first-order valence-corrected chi connectivity index (χ1v) is 5.77. The van der Waals surface area contributed by atoms with E-state index in [9.17, 15) is 4.79 Å². The topological polar surface area (TPSA) is 52.9 Å². The van der Waals surface area contributed by atoms with Crippen LogP contribution in [0.25, 0.3) is 0 Å². The van der Waals surface area contributed by atoms with Crippen LogP contribution in [0, 0.1) is 16.7 Å². The second-order valence-corrected chi connectivity index (χ2v) is 4.73. The molecule has 0 aliphatic rings. The lowest BCUT2D eigenvalue weighted by molar-refractivity contribution is 0.0943. The van der Waals surface area contributed by atoms with Gasteiger partial charge in [-0.25, -0.2) is 0 Å². The molecule has 90 valence electrons. The van der Waals surface area contributed by atoms with Gasteiger partial charge in [-0.15, -0.1) is 0 Å². The van der Waals surface area contributed by atoms with Crippen molar-refractivity contribution in [3.05, 3.63) is 35.4 Å². The van der Waals surface area contributed by atoms with E-state index in [0.29, 0.717) is 12.1 Å². The standard InChI is InChI=1S/C14H18N2O/c1-4-11-5-7-12(8-6-11)13(17)16-10-14(2,3)9-15/h5-8H,4,10H2,1-3H3,(H,16,17). The predicted octanol–water partition coefficient (Wildman–Crippen LogP) is 2.53. The van der Waals surface area contributed by atoms with E-state index >= 15 is 0 Å². The van der Waals surface area contributed by atoms with Crippen molar-refractivity contribution in [1.82, 2.24) is 5.32 Å². The van der Waals surface area contributed by atoms with Crippen LogP contribution in [0.5, 0.6) is 0 Å². The second kappa shape index (κ2) is 5.49. The van der Waals surface area contributed by atoms with Gasteiger partial charge in [0.15, 0.2) is 0 Å². The number of hydrogen-bond donors (Lipinski definition) is 1. The monoisotopic (exact) mass is 230 g/mol. The maximum absolute atomic E-state index is 11.8. The molecule has 0 saturated heterocycles. The number of nitrogens with one attached hydrogen (secondary N) is 1. The van der Waals surface area contributed by atoms with Gasteiger partial charge in [-0.3, -0.25) is 4.79 Å². The highest BCUT2D eigenvalue weighted by Crippen LogP contribution is 2.11. The molecule has 1 amide bonds. The molecule has 0 unspecified atom stereocenters. The Morgan fingerprint density at radius 2 is 1.94 bits per heavy atom. The number of rotatable bonds is 4. The molecular weight excluding hydrogens is 212 g/mol. The minimum atomic E-state index is -0.529. The molecule has 1 N–H and O–H groups in total. The summed E-state index contributed by atoms with van der Waals surface area (Å²) >= 11 is 0. The third-order valence-corrected chi connectivity index (χ3v) is 2.62. The maximum atomic E-state index is 11.8. The van der Waals surface area contributed by atoms with E-state index in [4.69, 9.17) is 5.26 Å². The highest BCUT2D eigenvalue weighted by molar-refractivity contribution is 5.94. The molecule has 1 aromatic carbocycles. The number of hydrogen-bond acceptors (Lipinski definition) is 2. The van der Waals surface area contributed by atoms with Crippen molar-refractivity contribution in [1.29, 1.82) is 5.26 Å². The van der Waals surface area contributed by atoms with Gasteiger partial charge in [-0.1, -0.05) is 19.1 Å². The van der Waals surface area contributed by atoms with Crippen molar-refractivity contribution < 1.29 is 4.79 Å². The SMILES string of the molecule is CCc1ccc(C(=O)NCC(C)(C)C#N)cc1. The molecule has 0 saturated carbocycles. The fourth-order valence-corrected chi connectivity index (χ4v) is 1.33. The molecule has 3 heteroatoms. The van der Waals surface area contributed by atoms with Crippen molar-refractivity contribution in [2.24, 2.45) is 5.41 Å². The lowest BCUT2D eigenvalue weighted by Gasteiger charge is -2.15. The highest BCUT2D eigenvalue weighted by Gasteiger charge is 2.17. The first-order chi connectivity index (χ1) is 7.98. The number of benzene rings is 1. The van der Waals surface area contributed by atoms with Crippen LogP contribution >= 0.6 is 0 Å². The molecule has 0 fully saturated rings. The Balaban J connectivity index is 2.62. The smallest absolute Gasteiger partial charge is 0.251 e. The first-order valence-electron chi connectivity index (χ1n) is 5.77. The quantitative estimate of drug-likeness (QED) is 0.864. The minimum absolute atomic E-state index is 0.129. The van der Waals surface area contributed by atoms with Crippen LogP contribution in [-0.2, 0) is 6.42 Å². The first kappa shape index (κ1) is 13.2. The van der Waals surface area contributed by atoms with Gasteiger partial charge in [0.25, 0.3) is 5.91 Å². The van der Waals surface area contributed by atoms with Crippen LogP contribution in [-0.4, -0.2) is 12.5 Å². The second-order valence-electron chi connectivity index (χ2n) is 4.73. The Kier molecular flexibility index (Phi) is 4.28. The van der Waals surface area contributed by atoms with Gasteiger partial charge < -0.3 is 5.32 Å². The molecule has 0 bridgehead atoms. The van der Waals surface area contributed by atoms with Crippen molar-refractivity contribution in [3.8, 4) is 6.07 Å². The summed E-state index contributed by atoms with van der Waals surface area (Å²) in [5.41, 5.74) is 1.31. The zero-order valence-electron chi connectivity index (χ0n) is 10.6. The summed E-state index contributed by atoms with van der Waals surface area (Å²) in [4.78, 5) is 11.8. The minimum Gasteiger partial charge on any atom is -0.350 e. The Morgan fingerprint density at radius 1 is 1.35 bits per heavy atom. The van der Waals surface area contributed by atoms with Crippen molar-refractivity contribution in [2.45, 2.75) is 27.2 Å². The molecule has 0 aromatic heterocycles. The average Bonchev–Trinajstić information content (AvgIpc) is 2.36. The molecule has 3 nitrogen and oxygen atoms in total. The largest absolute Gasteiger partial charge is 0.350 e. The van der Waals surface area contributed by atoms with Crippen LogP contribution in [0.2, 0.25) is 0 Å². The van der Waals surface area contributed by atoms with Gasteiger partial charge in [-0.05, 0) is 38.0 Å². The summed E-state index contributed by atoms with van der Waals surface area (Å²) in [5, 5.41) is 11.6. The van der Waals surface area contributed by atoms with E-state index in [1.165, 1.54) is 5.56 Å². The van der Waals surface area contributed by atoms with Crippen molar-refractivity contribution in [2.75, 3.05) is 6.54 Å². The number of nitrogens with zero attached hydrogens (tertiary/aromatic N) is 1. The summed E-state index contributed by atoms with van der Waals surface area (Å²) in [6.45, 7) is 6.03. The lowest BCUT2D eigenvalue weighted by atomic mass is 9.96. The fraction of sp³-hybridized carbons (Fsp3) is 0.429. The van der Waals surface area contributed by atoms with Crippen LogP contribution in [0.15, 0.2) is 24.3 Å². The van der Waals surface area contributed by atoms with Gasteiger partial charge in [0, 0.05) is 12.1 Å². The number of carbonyl (C=O) groups excluding carboxylic acids is 1. The number of amides is 1. The summed E-state index contributed by atoms with van der Waals surface area (Å²) in [6, 6.07) is 9.68. The van der Waals surface area contributed by atoms with Crippen LogP contribution in [0.1, 0.15) is 36.7 Å². The molecule has 0 aliphatic carbocycles. The van der Waals surface area contributed by atoms with E-state index < -0.39 is 5.41 Å². The molecule has 17 heavy (non-hydrogen) atoms. The van der Waals surface area contributed by atoms with Crippen LogP contribution in [0.3, 0.4) is 0 Å². The van der Waals surface area contributed by atoms with E-state index in [2.05, 4.69) is 18.3 Å². The average molecular weight is 230 g/mol. The third kappa shape index (κ3) is 3.92. The normalized spacial score (nSPS) is 10.7. The van der Waals surface area contributed by atoms with Gasteiger partial charge in [-0.2, -0.15) is 5.26 Å². The van der Waals surface area contributed by atoms with Crippen molar-refractivity contribution in [3.63, 3.8) is 0 Å². The van der Waals surface area contributed by atoms with Crippen molar-refractivity contribution >= 4 is 5.91 Å². The van der Waals surface area contributed by atoms with Gasteiger partial charge >= 0.3 is 0 Å². The Bertz CT molecular complexity index is 427. The maximum Gasteiger partial charge on any atom is 0.251 e. The molecule has 0 spiro atoms. The summed E-state index contributed by atoms with van der Waals surface area (Å²) in [5.74, 6) is -0.129. The fourth-order valence-electron chi connectivity index (χ4n) is 1.33. The lowest BCUT2D eigenvalue weighted by Crippen LogP contribution is -2.33. The molecule has 0 radical (unpaired) electrons. The zero-order valence-corrected chi connectivity index (χ0v) is 10.6. The molecular formula is C14H18N2O. The van der Waals surface area contributed by atoms with E-state index in [0.717, 1.165) is 6.42 Å². The number of carbonyl (C=O) groups is 1. The Labute approximate surface area is 102 Å².